The van der Waals surface area contributed by atoms with Gasteiger partial charge in [-0.1, -0.05) is 18.2 Å². The number of aromatic hydroxyl groups is 2. The Hall–Kier alpha value is -5.74. The average molecular weight is 545 g/mol. The van der Waals surface area contributed by atoms with E-state index in [0.29, 0.717) is 17.1 Å². The smallest absolute Gasteiger partial charge is 0.335 e. The van der Waals surface area contributed by atoms with Gasteiger partial charge in [0.2, 0.25) is 11.8 Å². The van der Waals surface area contributed by atoms with E-state index < -0.39 is 34.3 Å². The van der Waals surface area contributed by atoms with Gasteiger partial charge in [0.25, 0.3) is 11.1 Å². The summed E-state index contributed by atoms with van der Waals surface area (Å²) in [6.07, 6.45) is 3.84. The van der Waals surface area contributed by atoms with Gasteiger partial charge < -0.3 is 19.7 Å². The molecule has 204 valence electrons. The van der Waals surface area contributed by atoms with Crippen molar-refractivity contribution in [1.82, 2.24) is 19.1 Å². The summed E-state index contributed by atoms with van der Waals surface area (Å²) in [5, 5.41) is 21.5. The second kappa shape index (κ2) is 11.3. The number of rotatable bonds is 7. The number of benzene rings is 2. The van der Waals surface area contributed by atoms with Gasteiger partial charge in [-0.15, -0.1) is 5.73 Å². The van der Waals surface area contributed by atoms with Gasteiger partial charge in [0.05, 0.1) is 25.6 Å². The zero-order chi connectivity index (χ0) is 29.0. The fraction of sp³-hybridized carbons (Fsp3) is 0.107. The summed E-state index contributed by atoms with van der Waals surface area (Å²) in [6, 6.07) is 12.7. The van der Waals surface area contributed by atoms with Gasteiger partial charge in [-0.05, 0) is 48.9 Å². The van der Waals surface area contributed by atoms with Crippen molar-refractivity contribution in [2.75, 3.05) is 14.2 Å². The largest absolute Gasteiger partial charge is 0.497 e. The lowest BCUT2D eigenvalue weighted by Gasteiger charge is -2.11. The minimum Gasteiger partial charge on any atom is -0.497 e. The van der Waals surface area contributed by atoms with E-state index in [2.05, 4.69) is 15.7 Å². The number of nitrogens with one attached hydrogen (secondary N) is 2. The molecule has 0 atom stereocenters. The topological polar surface area (TPSA) is 169 Å². The molecular weight excluding hydrogens is 520 g/mol. The molecule has 0 unspecified atom stereocenters. The first-order valence-corrected chi connectivity index (χ1v) is 11.7. The van der Waals surface area contributed by atoms with Crippen molar-refractivity contribution in [3.05, 3.63) is 119 Å². The third-order valence-corrected chi connectivity index (χ3v) is 5.81. The van der Waals surface area contributed by atoms with Crippen molar-refractivity contribution in [2.24, 2.45) is 0 Å². The first-order chi connectivity index (χ1) is 19.1. The van der Waals surface area contributed by atoms with Crippen LogP contribution in [0.3, 0.4) is 0 Å². The molecule has 4 rings (SSSR count). The highest BCUT2D eigenvalue weighted by Gasteiger charge is 2.15. The molecule has 0 saturated carbocycles. The van der Waals surface area contributed by atoms with Gasteiger partial charge >= 0.3 is 11.4 Å². The Morgan fingerprint density at radius 2 is 1.27 bits per heavy atom. The van der Waals surface area contributed by atoms with Crippen LogP contribution in [0, 0.1) is 0 Å². The van der Waals surface area contributed by atoms with E-state index in [0.717, 1.165) is 9.13 Å². The molecule has 0 aliphatic heterocycles. The number of hydrogen-bond acceptors (Lipinski definition) is 8. The summed E-state index contributed by atoms with van der Waals surface area (Å²) in [4.78, 5) is 54.0. The Morgan fingerprint density at radius 1 is 0.800 bits per heavy atom. The fourth-order valence-electron chi connectivity index (χ4n) is 3.78. The minimum atomic E-state index is -0.852. The van der Waals surface area contributed by atoms with Gasteiger partial charge in [0, 0.05) is 12.1 Å². The normalized spacial score (nSPS) is 10.8. The van der Waals surface area contributed by atoms with Gasteiger partial charge in [0.1, 0.15) is 22.6 Å². The third kappa shape index (κ3) is 5.42. The molecule has 0 aliphatic carbocycles. The Bertz CT molecular complexity index is 1940. The number of H-pyrrole nitrogens is 2. The highest BCUT2D eigenvalue weighted by Crippen LogP contribution is 2.22. The van der Waals surface area contributed by atoms with Gasteiger partial charge in [-0.25, -0.2) is 18.7 Å². The number of nitrogens with zero attached hydrogens (tertiary/aromatic N) is 2. The second-order valence-electron chi connectivity index (χ2n) is 8.37. The molecule has 0 saturated heterocycles. The highest BCUT2D eigenvalue weighted by molar-refractivity contribution is 5.60. The predicted octanol–water partition coefficient (Wildman–Crippen LogP) is 2.07. The van der Waals surface area contributed by atoms with Crippen LogP contribution in [0.5, 0.6) is 23.3 Å². The molecule has 2 aromatic carbocycles. The molecular formula is C28H24N4O8. The number of ether oxygens (including phenoxy) is 2. The molecule has 0 bridgehead atoms. The lowest BCUT2D eigenvalue weighted by Crippen LogP contribution is -2.30. The Morgan fingerprint density at radius 3 is 1.77 bits per heavy atom. The number of aromatic amines is 2. The van der Waals surface area contributed by atoms with Crippen molar-refractivity contribution in [3.8, 4) is 34.6 Å². The molecule has 2 aromatic heterocycles. The second-order valence-corrected chi connectivity index (χ2v) is 8.37. The van der Waals surface area contributed by atoms with Gasteiger partial charge in [0.15, 0.2) is 0 Å². The maximum absolute atomic E-state index is 12.4. The van der Waals surface area contributed by atoms with E-state index in [-0.39, 0.29) is 22.5 Å². The van der Waals surface area contributed by atoms with Gasteiger partial charge in [-0.3, -0.25) is 19.6 Å². The van der Waals surface area contributed by atoms with Crippen LogP contribution in [0.1, 0.15) is 18.1 Å². The highest BCUT2D eigenvalue weighted by atomic mass is 16.5. The quantitative estimate of drug-likeness (QED) is 0.202. The molecule has 0 spiro atoms. The molecule has 40 heavy (non-hydrogen) atoms. The van der Waals surface area contributed by atoms with Gasteiger partial charge in [-0.2, -0.15) is 0 Å². The van der Waals surface area contributed by atoms with Crippen LogP contribution in [-0.2, 0) is 0 Å². The Labute approximate surface area is 225 Å². The summed E-state index contributed by atoms with van der Waals surface area (Å²) in [5.74, 6) is -0.351. The van der Waals surface area contributed by atoms with Crippen LogP contribution in [0.2, 0.25) is 0 Å². The molecule has 12 nitrogen and oxygen atoms in total. The van der Waals surface area contributed by atoms with Crippen LogP contribution in [-0.4, -0.2) is 43.5 Å². The maximum atomic E-state index is 12.4. The van der Waals surface area contributed by atoms with Crippen LogP contribution in [0.15, 0.2) is 85.1 Å². The molecule has 12 heteroatoms. The molecule has 4 N–H and O–H groups in total. The SMILES string of the molecule is COc1cccc(-n2c(O)c(C=C=C(C)C=Cc3c(O)n(-c4cccc(OC)c4)c(=O)[nH]c3=O)c(=O)[nH]c2=O)c1. The first-order valence-electron chi connectivity index (χ1n) is 11.7. The summed E-state index contributed by atoms with van der Waals surface area (Å²) in [5.41, 5.74) is -0.143. The van der Waals surface area contributed by atoms with Crippen molar-refractivity contribution in [1.29, 1.82) is 0 Å². The summed E-state index contributed by atoms with van der Waals surface area (Å²) >= 11 is 0. The number of allylic oxidation sites excluding steroid dienone is 2. The maximum Gasteiger partial charge on any atom is 0.335 e. The standard InChI is InChI=1S/C28H24N4O8/c1-16(10-12-21-23(33)29-27(37)31(25(21)35)17-6-4-8-19(14-17)39-2)11-13-22-24(34)30-28(38)32(26(22)36)18-7-5-9-20(15-18)40-3/h4-10,12-15,35-36H,1-3H3,(H,29,33,37)(H,30,34,38). The molecule has 0 aliphatic rings. The molecule has 0 radical (unpaired) electrons. The summed E-state index contributed by atoms with van der Waals surface area (Å²) < 4.78 is 12.1. The lowest BCUT2D eigenvalue weighted by molar-refractivity contribution is 0.412. The van der Waals surface area contributed by atoms with E-state index in [9.17, 15) is 29.4 Å². The molecule has 0 fully saturated rings. The predicted molar refractivity (Wildman–Crippen MR) is 148 cm³/mol. The fourth-order valence-corrected chi connectivity index (χ4v) is 3.78. The zero-order valence-electron chi connectivity index (χ0n) is 21.6. The third-order valence-electron chi connectivity index (χ3n) is 5.81. The summed E-state index contributed by atoms with van der Waals surface area (Å²) in [6.45, 7) is 1.58. The van der Waals surface area contributed by atoms with E-state index in [1.54, 1.807) is 43.3 Å². The zero-order valence-corrected chi connectivity index (χ0v) is 21.6. The molecule has 2 heterocycles. The van der Waals surface area contributed by atoms with E-state index >= 15 is 0 Å². The van der Waals surface area contributed by atoms with Crippen molar-refractivity contribution in [3.63, 3.8) is 0 Å². The average Bonchev–Trinajstić information content (AvgIpc) is 2.92. The minimum absolute atomic E-state index is 0.212. The monoisotopic (exact) mass is 544 g/mol. The van der Waals surface area contributed by atoms with Crippen LogP contribution >= 0.6 is 0 Å². The molecule has 4 aromatic rings. The summed E-state index contributed by atoms with van der Waals surface area (Å²) in [7, 11) is 2.90. The van der Waals surface area contributed by atoms with E-state index in [1.807, 2.05) is 0 Å². The van der Waals surface area contributed by atoms with Crippen molar-refractivity contribution in [2.45, 2.75) is 6.92 Å². The van der Waals surface area contributed by atoms with Crippen LogP contribution in [0.4, 0.5) is 0 Å². The van der Waals surface area contributed by atoms with Crippen LogP contribution in [0.25, 0.3) is 23.5 Å². The van der Waals surface area contributed by atoms with E-state index in [4.69, 9.17) is 9.47 Å². The lowest BCUT2D eigenvalue weighted by atomic mass is 10.2. The van der Waals surface area contributed by atoms with Crippen LogP contribution < -0.4 is 32.0 Å². The Balaban J connectivity index is 1.75. The van der Waals surface area contributed by atoms with Crippen molar-refractivity contribution >= 4 is 12.2 Å². The number of hydrogen-bond donors (Lipinski definition) is 4. The molecule has 0 amide bonds. The first kappa shape index (κ1) is 27.3. The number of methoxy groups -OCH3 is 2. The van der Waals surface area contributed by atoms with E-state index in [1.165, 1.54) is 44.6 Å². The number of aromatic nitrogens is 4. The Kier molecular flexibility index (Phi) is 7.74. The van der Waals surface area contributed by atoms with Crippen molar-refractivity contribution < 1.29 is 19.7 Å².